The number of thioether (sulfide) groups is 1. The number of nitrogens with zero attached hydrogens (tertiary/aromatic N) is 5. The van der Waals surface area contributed by atoms with Crippen LogP contribution in [-0.4, -0.2) is 142 Å². The van der Waals surface area contributed by atoms with E-state index in [-0.39, 0.29) is 57.0 Å². The monoisotopic (exact) mass is 881 g/mol. The van der Waals surface area contributed by atoms with E-state index in [0.29, 0.717) is 42.0 Å². The third kappa shape index (κ3) is 8.72. The number of anilines is 1. The number of aryl methyl sites for hydroxylation is 1. The first kappa shape index (κ1) is 42.9. The predicted molar refractivity (Wildman–Crippen MR) is 211 cm³/mol. The lowest BCUT2D eigenvalue weighted by atomic mass is 10.0. The molecule has 316 valence electrons. The maximum Gasteiger partial charge on any atom is 0.352 e. The Hall–Kier alpha value is -5.65. The third-order valence-electron chi connectivity index (χ3n) is 10.3. The van der Waals surface area contributed by atoms with Crippen LogP contribution in [0, 0.1) is 5.82 Å². The number of benzene rings is 1. The van der Waals surface area contributed by atoms with Gasteiger partial charge in [-0.3, -0.25) is 19.2 Å². The number of phenolic OH excluding ortho intramolecular Hbond substituents is 2. The smallest absolute Gasteiger partial charge is 0.352 e. The highest BCUT2D eigenvalue weighted by Gasteiger charge is 2.49. The highest BCUT2D eigenvalue weighted by molar-refractivity contribution is 8.00. The van der Waals surface area contributed by atoms with Crippen molar-refractivity contribution in [2.24, 2.45) is 5.16 Å². The summed E-state index contributed by atoms with van der Waals surface area (Å²) >= 11 is 8.42. The Kier molecular flexibility index (Phi) is 12.6. The summed E-state index contributed by atoms with van der Waals surface area (Å²) in [7, 11) is 0. The molecular formula is C35H39ClFN8O12S2+. The Bertz CT molecular complexity index is 2370. The van der Waals surface area contributed by atoms with E-state index in [1.54, 1.807) is 11.8 Å². The fourth-order valence-electron chi connectivity index (χ4n) is 7.49. The maximum absolute atomic E-state index is 14.8. The number of nitrogen functional groups attached to an aromatic ring is 1. The van der Waals surface area contributed by atoms with Crippen LogP contribution in [0.4, 0.5) is 9.52 Å². The second kappa shape index (κ2) is 17.3. The molecule has 3 unspecified atom stereocenters. The van der Waals surface area contributed by atoms with Crippen molar-refractivity contribution in [3.05, 3.63) is 55.2 Å². The van der Waals surface area contributed by atoms with Gasteiger partial charge in [0.25, 0.3) is 11.8 Å². The van der Waals surface area contributed by atoms with E-state index < -0.39 is 82.1 Å². The summed E-state index contributed by atoms with van der Waals surface area (Å²) in [6.07, 6.45) is 0.00777. The largest absolute Gasteiger partial charge is 0.504 e. The summed E-state index contributed by atoms with van der Waals surface area (Å²) < 4.78 is 16.5. The molecule has 3 atom stereocenters. The molecule has 59 heavy (non-hydrogen) atoms. The van der Waals surface area contributed by atoms with Crippen molar-refractivity contribution < 1.29 is 63.2 Å². The lowest BCUT2D eigenvalue weighted by Crippen LogP contribution is -2.67. The molecule has 0 saturated carbocycles. The van der Waals surface area contributed by atoms with Gasteiger partial charge in [0.2, 0.25) is 11.5 Å². The summed E-state index contributed by atoms with van der Waals surface area (Å²) in [6, 6.07) is 0.292. The molecule has 1 aromatic carbocycles. The van der Waals surface area contributed by atoms with Crippen LogP contribution in [0.1, 0.15) is 42.2 Å². The number of aromatic nitrogens is 2. The number of amides is 2. The Balaban J connectivity index is 1.15. The summed E-state index contributed by atoms with van der Waals surface area (Å²) in [5, 5.41) is 57.0. The number of carbonyl (C=O) groups excluding carboxylic acids is 2. The average Bonchev–Trinajstić information content (AvgIpc) is 3.77. The van der Waals surface area contributed by atoms with Crippen molar-refractivity contribution >= 4 is 86.2 Å². The number of nitrogens with one attached hydrogen (secondary N) is 2. The van der Waals surface area contributed by atoms with Gasteiger partial charge in [0.05, 0.1) is 54.9 Å². The zero-order valence-corrected chi connectivity index (χ0v) is 33.5. The molecule has 9 N–H and O–H groups in total. The number of likely N-dealkylation sites (tertiary alicyclic amines) is 1. The number of carboxylic acid groups (broad SMARTS) is 3. The standard InChI is InChI=1S/C35H38ClFN8O12S2/c1-2-43-11-17(27(49)16-9-19(46)28(50)22(37)26(16)43)30(51)39-5-8-45(6-3-4-7-45)13-15-14-58-32-18(12-44(32)25(15)34(55)56)40-31(52)24(23-29(36)59-35(38)41-23)42-57-20(33(53)54)10-21(47)48/h9,11,18,20,32H,2-8,10,12-14H2,1H3,(H8-,38,39,40,41,42,46,47,48,49,50,51,52,53,54,55,56)/p+1. The highest BCUT2D eigenvalue weighted by Crippen LogP contribution is 2.41. The highest BCUT2D eigenvalue weighted by atomic mass is 35.5. The molecule has 0 spiro atoms. The van der Waals surface area contributed by atoms with Gasteiger partial charge in [-0.15, -0.1) is 11.8 Å². The van der Waals surface area contributed by atoms with Crippen molar-refractivity contribution in [2.75, 3.05) is 50.8 Å². The molecule has 0 bridgehead atoms. The quantitative estimate of drug-likeness (QED) is 0.0434. The van der Waals surface area contributed by atoms with Gasteiger partial charge in [0.15, 0.2) is 28.2 Å². The van der Waals surface area contributed by atoms with Gasteiger partial charge >= 0.3 is 17.9 Å². The Morgan fingerprint density at radius 3 is 2.51 bits per heavy atom. The van der Waals surface area contributed by atoms with Crippen LogP contribution >= 0.6 is 34.7 Å². The van der Waals surface area contributed by atoms with Gasteiger partial charge in [0.1, 0.15) is 27.8 Å². The van der Waals surface area contributed by atoms with Gasteiger partial charge < -0.3 is 60.7 Å². The number of rotatable bonds is 16. The van der Waals surface area contributed by atoms with Crippen LogP contribution in [0.5, 0.6) is 11.5 Å². The van der Waals surface area contributed by atoms with Crippen LogP contribution in [0.2, 0.25) is 4.34 Å². The van der Waals surface area contributed by atoms with Crippen molar-refractivity contribution in [2.45, 2.75) is 50.3 Å². The number of hydrogen-bond donors (Lipinski definition) is 8. The Labute approximate surface area is 346 Å². The molecule has 3 aliphatic heterocycles. The number of thiazole rings is 1. The number of aliphatic carboxylic acids is 3. The van der Waals surface area contributed by atoms with Crippen LogP contribution in [0.25, 0.3) is 10.9 Å². The van der Waals surface area contributed by atoms with E-state index in [9.17, 15) is 53.6 Å². The van der Waals surface area contributed by atoms with Crippen LogP contribution in [0.15, 0.2) is 33.5 Å². The van der Waals surface area contributed by atoms with Gasteiger partial charge in [-0.2, -0.15) is 0 Å². The second-order valence-electron chi connectivity index (χ2n) is 14.1. The lowest BCUT2D eigenvalue weighted by Gasteiger charge is -2.52. The lowest BCUT2D eigenvalue weighted by molar-refractivity contribution is -0.911. The van der Waals surface area contributed by atoms with Gasteiger partial charge in [-0.25, -0.2) is 19.0 Å². The molecule has 0 aliphatic carbocycles. The molecule has 2 saturated heterocycles. The molecule has 20 nitrogen and oxygen atoms in total. The van der Waals surface area contributed by atoms with Gasteiger partial charge in [0, 0.05) is 43.5 Å². The molecule has 3 aromatic rings. The zero-order valence-electron chi connectivity index (χ0n) is 31.1. The molecule has 2 fully saturated rings. The van der Waals surface area contributed by atoms with E-state index in [1.165, 1.54) is 22.5 Å². The fourth-order valence-corrected chi connectivity index (χ4v) is 9.78. The van der Waals surface area contributed by atoms with E-state index in [0.717, 1.165) is 30.2 Å². The summed E-state index contributed by atoms with van der Waals surface area (Å²) in [4.78, 5) is 86.2. The van der Waals surface area contributed by atoms with E-state index in [2.05, 4.69) is 20.8 Å². The summed E-state index contributed by atoms with van der Waals surface area (Å²) in [5.41, 5.74) is 4.32. The third-order valence-corrected chi connectivity index (χ3v) is 12.8. The first-order valence-electron chi connectivity index (χ1n) is 18.1. The number of nitrogens with two attached hydrogens (primary N) is 1. The number of hydrogen-bond acceptors (Lipinski definition) is 15. The van der Waals surface area contributed by atoms with E-state index in [1.807, 2.05) is 0 Å². The fraction of sp³-hybridized carbons (Fsp3) is 0.429. The summed E-state index contributed by atoms with van der Waals surface area (Å²) in [6.45, 7) is 4.14. The normalized spacial score (nSPS) is 19.2. The van der Waals surface area contributed by atoms with Crippen molar-refractivity contribution in [1.29, 1.82) is 0 Å². The van der Waals surface area contributed by atoms with Crippen molar-refractivity contribution in [1.82, 2.24) is 25.1 Å². The Morgan fingerprint density at radius 2 is 1.90 bits per heavy atom. The van der Waals surface area contributed by atoms with Crippen LogP contribution in [0.3, 0.4) is 0 Å². The molecular weight excluding hydrogens is 843 g/mol. The molecule has 5 heterocycles. The number of oxime groups is 1. The minimum absolute atomic E-state index is 0.0403. The number of carboxylic acids is 3. The minimum Gasteiger partial charge on any atom is -0.504 e. The Morgan fingerprint density at radius 1 is 1.19 bits per heavy atom. The number of quaternary nitrogens is 1. The molecule has 2 aromatic heterocycles. The first-order chi connectivity index (χ1) is 27.9. The molecule has 3 aliphatic rings. The number of phenols is 2. The number of aromatic hydroxyl groups is 2. The molecule has 0 radical (unpaired) electrons. The van der Waals surface area contributed by atoms with Crippen molar-refractivity contribution in [3.63, 3.8) is 0 Å². The van der Waals surface area contributed by atoms with E-state index in [4.69, 9.17) is 27.3 Å². The van der Waals surface area contributed by atoms with Crippen LogP contribution < -0.4 is 21.8 Å². The average molecular weight is 882 g/mol. The SMILES string of the molecule is CCn1cc(C(=O)NCC[N+]2(CC3=C(C(=O)O)N4CC(NC(=O)C(=NOC(CC(=O)O)C(=O)O)c5nc(N)sc5Cl)C4SC3)CCCC2)c(=O)c2cc(O)c(O)c(F)c21. The zero-order chi connectivity index (χ0) is 42.9. The predicted octanol–water partition coefficient (Wildman–Crippen LogP) is 1.17. The van der Waals surface area contributed by atoms with E-state index >= 15 is 0 Å². The first-order valence-corrected chi connectivity index (χ1v) is 20.3. The maximum atomic E-state index is 14.8. The number of fused-ring (bicyclic) bond motifs is 2. The number of halogens is 2. The van der Waals surface area contributed by atoms with Crippen LogP contribution in [-0.2, 0) is 30.6 Å². The van der Waals surface area contributed by atoms with Crippen molar-refractivity contribution in [3.8, 4) is 11.5 Å². The van der Waals surface area contributed by atoms with Gasteiger partial charge in [-0.1, -0.05) is 28.1 Å². The number of pyridine rings is 1. The molecule has 2 amide bonds. The second-order valence-corrected chi connectivity index (χ2v) is 16.8. The minimum atomic E-state index is -1.94. The number of carbonyl (C=O) groups is 5. The molecule has 6 rings (SSSR count). The summed E-state index contributed by atoms with van der Waals surface area (Å²) in [5.74, 6) is -8.67. The topological polar surface area (TPSA) is 296 Å². The van der Waals surface area contributed by atoms with Gasteiger partial charge in [-0.05, 0) is 13.0 Å². The molecule has 24 heteroatoms.